The fraction of sp³-hybridized carbons (Fsp3) is 0.931. The first-order chi connectivity index (χ1) is 16.1. The molecule has 0 aliphatic heterocycles. The standard InChI is InChI=1S/C29H56O4/c1-4-6-8-10-11-12-13-14-15-16-17-18-19-21-26-32-28(30)24-22-25-29(31)33-27(3)23-20-9-7-5-2/h27H,4-26H2,1-3H3. The topological polar surface area (TPSA) is 52.6 Å². The Morgan fingerprint density at radius 2 is 0.970 bits per heavy atom. The maximum atomic E-state index is 11.9. The maximum Gasteiger partial charge on any atom is 0.306 e. The van der Waals surface area contributed by atoms with Gasteiger partial charge in [-0.1, -0.05) is 117 Å². The van der Waals surface area contributed by atoms with Gasteiger partial charge in [0.15, 0.2) is 0 Å². The number of carbonyl (C=O) groups excluding carboxylic acids is 2. The number of unbranched alkanes of at least 4 members (excludes halogenated alkanes) is 16. The van der Waals surface area contributed by atoms with Crippen LogP contribution < -0.4 is 0 Å². The monoisotopic (exact) mass is 468 g/mol. The highest BCUT2D eigenvalue weighted by Gasteiger charge is 2.11. The first-order valence-corrected chi connectivity index (χ1v) is 14.4. The van der Waals surface area contributed by atoms with Gasteiger partial charge in [-0.2, -0.15) is 0 Å². The van der Waals surface area contributed by atoms with Gasteiger partial charge in [0.05, 0.1) is 12.7 Å². The van der Waals surface area contributed by atoms with Gasteiger partial charge < -0.3 is 9.47 Å². The molecule has 0 aromatic carbocycles. The Morgan fingerprint density at radius 1 is 0.545 bits per heavy atom. The van der Waals surface area contributed by atoms with Crippen molar-refractivity contribution >= 4 is 11.9 Å². The van der Waals surface area contributed by atoms with Gasteiger partial charge in [-0.15, -0.1) is 0 Å². The molecule has 33 heavy (non-hydrogen) atoms. The van der Waals surface area contributed by atoms with Crippen LogP contribution in [0.3, 0.4) is 0 Å². The lowest BCUT2D eigenvalue weighted by Gasteiger charge is -2.13. The Kier molecular flexibility index (Phi) is 24.7. The average Bonchev–Trinajstić information content (AvgIpc) is 2.79. The van der Waals surface area contributed by atoms with E-state index in [1.54, 1.807) is 0 Å². The Balaban J connectivity index is 3.35. The van der Waals surface area contributed by atoms with Crippen molar-refractivity contribution < 1.29 is 19.1 Å². The summed E-state index contributed by atoms with van der Waals surface area (Å²) in [6.45, 7) is 6.92. The number of ether oxygens (including phenoxy) is 2. The SMILES string of the molecule is CCCCCCCCCCCCCCCCOC(=O)CCCC(=O)OC(C)CCCCCC. The van der Waals surface area contributed by atoms with Crippen molar-refractivity contribution in [1.82, 2.24) is 0 Å². The second kappa shape index (κ2) is 25.6. The molecule has 0 spiro atoms. The van der Waals surface area contributed by atoms with Crippen molar-refractivity contribution in [1.29, 1.82) is 0 Å². The van der Waals surface area contributed by atoms with Crippen molar-refractivity contribution in [3.63, 3.8) is 0 Å². The molecule has 0 bridgehead atoms. The Labute approximate surface area is 206 Å². The van der Waals surface area contributed by atoms with Crippen molar-refractivity contribution in [2.24, 2.45) is 0 Å². The summed E-state index contributed by atoms with van der Waals surface area (Å²) in [7, 11) is 0. The van der Waals surface area contributed by atoms with E-state index in [0.717, 1.165) is 25.7 Å². The molecule has 0 aliphatic carbocycles. The van der Waals surface area contributed by atoms with Crippen LogP contribution >= 0.6 is 0 Å². The van der Waals surface area contributed by atoms with E-state index >= 15 is 0 Å². The second-order valence-corrected chi connectivity index (χ2v) is 9.82. The second-order valence-electron chi connectivity index (χ2n) is 9.82. The average molecular weight is 469 g/mol. The highest BCUT2D eigenvalue weighted by Crippen LogP contribution is 2.13. The van der Waals surface area contributed by atoms with E-state index in [1.165, 1.54) is 96.3 Å². The van der Waals surface area contributed by atoms with Gasteiger partial charge in [-0.05, 0) is 32.6 Å². The van der Waals surface area contributed by atoms with E-state index in [4.69, 9.17) is 9.47 Å². The van der Waals surface area contributed by atoms with Crippen LogP contribution in [-0.4, -0.2) is 24.6 Å². The molecular formula is C29H56O4. The summed E-state index contributed by atoms with van der Waals surface area (Å²) in [6, 6.07) is 0. The minimum absolute atomic E-state index is 0.0263. The zero-order chi connectivity index (χ0) is 24.4. The molecule has 4 nitrogen and oxygen atoms in total. The third kappa shape index (κ3) is 25.4. The number of hydrogen-bond donors (Lipinski definition) is 0. The molecule has 0 heterocycles. The first-order valence-electron chi connectivity index (χ1n) is 14.4. The molecule has 4 heteroatoms. The molecule has 0 aromatic rings. The normalized spacial score (nSPS) is 12.0. The Hall–Kier alpha value is -1.06. The van der Waals surface area contributed by atoms with Crippen LogP contribution in [0.15, 0.2) is 0 Å². The van der Waals surface area contributed by atoms with E-state index in [0.29, 0.717) is 25.9 Å². The molecular weight excluding hydrogens is 412 g/mol. The minimum atomic E-state index is -0.197. The van der Waals surface area contributed by atoms with Gasteiger partial charge in [0.2, 0.25) is 0 Å². The smallest absolute Gasteiger partial charge is 0.306 e. The van der Waals surface area contributed by atoms with Crippen LogP contribution in [0.1, 0.15) is 162 Å². The first kappa shape index (κ1) is 31.9. The molecule has 0 radical (unpaired) electrons. The summed E-state index contributed by atoms with van der Waals surface area (Å²) in [6.07, 6.45) is 25.3. The highest BCUT2D eigenvalue weighted by molar-refractivity contribution is 5.72. The van der Waals surface area contributed by atoms with Gasteiger partial charge in [-0.3, -0.25) is 9.59 Å². The van der Waals surface area contributed by atoms with Crippen LogP contribution in [0.5, 0.6) is 0 Å². The predicted octanol–water partition coefficient (Wildman–Crippen LogP) is 9.08. The largest absolute Gasteiger partial charge is 0.466 e. The number of esters is 2. The molecule has 0 aliphatic rings. The van der Waals surface area contributed by atoms with E-state index in [-0.39, 0.29) is 18.0 Å². The van der Waals surface area contributed by atoms with E-state index in [9.17, 15) is 9.59 Å². The summed E-state index contributed by atoms with van der Waals surface area (Å²) in [4.78, 5) is 23.7. The minimum Gasteiger partial charge on any atom is -0.466 e. The molecule has 0 saturated carbocycles. The van der Waals surface area contributed by atoms with Crippen LogP contribution in [0.25, 0.3) is 0 Å². The van der Waals surface area contributed by atoms with Gasteiger partial charge in [0, 0.05) is 12.8 Å². The van der Waals surface area contributed by atoms with Crippen LogP contribution in [-0.2, 0) is 19.1 Å². The number of carbonyl (C=O) groups is 2. The molecule has 0 saturated heterocycles. The highest BCUT2D eigenvalue weighted by atomic mass is 16.5. The lowest BCUT2D eigenvalue weighted by Crippen LogP contribution is -2.15. The fourth-order valence-electron chi connectivity index (χ4n) is 4.13. The van der Waals surface area contributed by atoms with Crippen molar-refractivity contribution in [3.05, 3.63) is 0 Å². The van der Waals surface area contributed by atoms with Crippen molar-refractivity contribution in [2.75, 3.05) is 6.61 Å². The lowest BCUT2D eigenvalue weighted by molar-refractivity contribution is -0.149. The van der Waals surface area contributed by atoms with Gasteiger partial charge in [-0.25, -0.2) is 0 Å². The number of rotatable bonds is 25. The van der Waals surface area contributed by atoms with E-state index < -0.39 is 0 Å². The van der Waals surface area contributed by atoms with Gasteiger partial charge in [0.1, 0.15) is 0 Å². The summed E-state index contributed by atoms with van der Waals surface area (Å²) in [5.74, 6) is -0.386. The Bertz CT molecular complexity index is 435. The molecule has 0 fully saturated rings. The summed E-state index contributed by atoms with van der Waals surface area (Å²) in [5.41, 5.74) is 0. The van der Waals surface area contributed by atoms with Gasteiger partial charge in [0.25, 0.3) is 0 Å². The van der Waals surface area contributed by atoms with Gasteiger partial charge >= 0.3 is 11.9 Å². The molecule has 0 N–H and O–H groups in total. The molecule has 1 atom stereocenters. The molecule has 0 amide bonds. The van der Waals surface area contributed by atoms with Crippen molar-refractivity contribution in [3.8, 4) is 0 Å². The van der Waals surface area contributed by atoms with Crippen LogP contribution in [0, 0.1) is 0 Å². The predicted molar refractivity (Wildman–Crippen MR) is 139 cm³/mol. The zero-order valence-electron chi connectivity index (χ0n) is 22.5. The molecule has 196 valence electrons. The molecule has 1 unspecified atom stereocenters. The third-order valence-corrected chi connectivity index (χ3v) is 6.32. The lowest BCUT2D eigenvalue weighted by atomic mass is 10.0. The molecule has 0 rings (SSSR count). The van der Waals surface area contributed by atoms with Crippen molar-refractivity contribution in [2.45, 2.75) is 168 Å². The fourth-order valence-corrected chi connectivity index (χ4v) is 4.13. The van der Waals surface area contributed by atoms with E-state index in [1.807, 2.05) is 6.92 Å². The third-order valence-electron chi connectivity index (χ3n) is 6.32. The summed E-state index contributed by atoms with van der Waals surface area (Å²) in [5, 5.41) is 0. The Morgan fingerprint density at radius 3 is 1.48 bits per heavy atom. The van der Waals surface area contributed by atoms with Crippen LogP contribution in [0.4, 0.5) is 0 Å². The quantitative estimate of drug-likeness (QED) is 0.0990. The maximum absolute atomic E-state index is 11.9. The molecule has 0 aromatic heterocycles. The summed E-state index contributed by atoms with van der Waals surface area (Å²) >= 11 is 0. The zero-order valence-corrected chi connectivity index (χ0v) is 22.5. The number of hydrogen-bond acceptors (Lipinski definition) is 4. The van der Waals surface area contributed by atoms with E-state index in [2.05, 4.69) is 13.8 Å². The summed E-state index contributed by atoms with van der Waals surface area (Å²) < 4.78 is 10.7. The van der Waals surface area contributed by atoms with Crippen LogP contribution in [0.2, 0.25) is 0 Å².